The largest absolute Gasteiger partial charge is 0.389 e. The normalized spacial score (nSPS) is 16.5. The molecule has 6 nitrogen and oxygen atoms in total. The summed E-state index contributed by atoms with van der Waals surface area (Å²) in [5.74, 6) is 0.967. The van der Waals surface area contributed by atoms with Crippen LogP contribution >= 0.6 is 0 Å². The van der Waals surface area contributed by atoms with Gasteiger partial charge in [-0.3, -0.25) is 5.10 Å². The molecule has 1 atom stereocenters. The van der Waals surface area contributed by atoms with E-state index in [9.17, 15) is 9.50 Å². The molecule has 1 fully saturated rings. The zero-order valence-electron chi connectivity index (χ0n) is 14.8. The van der Waals surface area contributed by atoms with Crippen LogP contribution in [0.4, 0.5) is 16.0 Å². The molecule has 1 saturated carbocycles. The van der Waals surface area contributed by atoms with Crippen LogP contribution in [0.2, 0.25) is 0 Å². The van der Waals surface area contributed by atoms with E-state index in [1.807, 2.05) is 13.0 Å². The molecule has 0 amide bonds. The van der Waals surface area contributed by atoms with Crippen molar-refractivity contribution in [1.82, 2.24) is 20.2 Å². The Morgan fingerprint density at radius 3 is 2.88 bits per heavy atom. The van der Waals surface area contributed by atoms with Gasteiger partial charge in [0.15, 0.2) is 23.3 Å². The number of aliphatic hydroxyl groups is 1. The number of nitrogens with one attached hydrogen (secondary N) is 2. The van der Waals surface area contributed by atoms with Crippen LogP contribution in [0, 0.1) is 5.82 Å². The Balaban J connectivity index is 1.80. The van der Waals surface area contributed by atoms with E-state index >= 15 is 0 Å². The molecule has 0 radical (unpaired) electrons. The van der Waals surface area contributed by atoms with Gasteiger partial charge in [0, 0.05) is 17.7 Å². The number of aromatic nitrogens is 4. The summed E-state index contributed by atoms with van der Waals surface area (Å²) >= 11 is 0. The van der Waals surface area contributed by atoms with Crippen LogP contribution in [0.3, 0.4) is 0 Å². The minimum Gasteiger partial charge on any atom is -0.389 e. The second-order valence-electron chi connectivity index (χ2n) is 6.39. The molecule has 1 aliphatic rings. The number of hydrogen-bond acceptors (Lipinski definition) is 5. The molecule has 3 rings (SSSR count). The highest BCUT2D eigenvalue weighted by Gasteiger charge is 2.25. The van der Waals surface area contributed by atoms with Gasteiger partial charge in [0.25, 0.3) is 0 Å². The van der Waals surface area contributed by atoms with E-state index in [2.05, 4.69) is 32.1 Å². The van der Waals surface area contributed by atoms with Crippen LogP contribution < -0.4 is 5.32 Å². The monoisotopic (exact) mass is 355 g/mol. The van der Waals surface area contributed by atoms with Crippen molar-refractivity contribution in [2.24, 2.45) is 0 Å². The average molecular weight is 355 g/mol. The minimum atomic E-state index is -0.622. The summed E-state index contributed by atoms with van der Waals surface area (Å²) in [4.78, 5) is 8.28. The maximum Gasteiger partial charge on any atom is 0.184 e. The fraction of sp³-hybridized carbons (Fsp3) is 0.316. The number of hydrogen-bond donors (Lipinski definition) is 3. The molecule has 0 bridgehead atoms. The maximum absolute atomic E-state index is 14.1. The Kier molecular flexibility index (Phi) is 5.27. The second-order valence-corrected chi connectivity index (χ2v) is 6.39. The van der Waals surface area contributed by atoms with E-state index in [0.29, 0.717) is 23.1 Å². The van der Waals surface area contributed by atoms with E-state index in [4.69, 9.17) is 0 Å². The lowest BCUT2D eigenvalue weighted by atomic mass is 10.1. The fourth-order valence-corrected chi connectivity index (χ4v) is 2.44. The average Bonchev–Trinajstić information content (AvgIpc) is 3.36. The lowest BCUT2D eigenvalue weighted by molar-refractivity contribution is 0.235. The molecule has 3 N–H and O–H groups in total. The van der Waals surface area contributed by atoms with Gasteiger partial charge in [-0.05, 0) is 37.8 Å². The Bertz CT molecular complexity index is 865. The number of aromatic amines is 1. The summed E-state index contributed by atoms with van der Waals surface area (Å²) in [6.45, 7) is 7.14. The summed E-state index contributed by atoms with van der Waals surface area (Å²) in [5, 5.41) is 19.6. The summed E-state index contributed by atoms with van der Waals surface area (Å²) in [7, 11) is 0. The van der Waals surface area contributed by atoms with Crippen molar-refractivity contribution in [2.45, 2.75) is 38.7 Å². The molecular formula is C19H22FN5O. The Morgan fingerprint density at radius 2 is 2.23 bits per heavy atom. The van der Waals surface area contributed by atoms with Crippen molar-refractivity contribution < 1.29 is 9.50 Å². The summed E-state index contributed by atoms with van der Waals surface area (Å²) in [6.07, 6.45) is 7.91. The van der Waals surface area contributed by atoms with E-state index in [1.54, 1.807) is 25.2 Å². The van der Waals surface area contributed by atoms with Crippen molar-refractivity contribution in [2.75, 3.05) is 5.32 Å². The Hall–Kier alpha value is -2.80. The summed E-state index contributed by atoms with van der Waals surface area (Å²) in [6, 6.07) is 1.88. The fourth-order valence-electron chi connectivity index (χ4n) is 2.44. The van der Waals surface area contributed by atoms with Crippen LogP contribution in [0.25, 0.3) is 5.57 Å². The third-order valence-corrected chi connectivity index (χ3v) is 4.20. The molecule has 1 aliphatic carbocycles. The lowest BCUT2D eigenvalue weighted by Crippen LogP contribution is -2.03. The highest BCUT2D eigenvalue weighted by molar-refractivity contribution is 5.62. The van der Waals surface area contributed by atoms with Gasteiger partial charge in [-0.15, -0.1) is 0 Å². The van der Waals surface area contributed by atoms with Gasteiger partial charge in [-0.25, -0.2) is 14.4 Å². The number of nitrogens with zero attached hydrogens (tertiary/aromatic N) is 3. The van der Waals surface area contributed by atoms with Crippen LogP contribution in [-0.2, 0) is 0 Å². The first-order valence-corrected chi connectivity index (χ1v) is 8.52. The highest BCUT2D eigenvalue weighted by Crippen LogP contribution is 2.39. The molecular weight excluding hydrogens is 333 g/mol. The van der Waals surface area contributed by atoms with Crippen molar-refractivity contribution in [3.05, 3.63) is 60.0 Å². The third kappa shape index (κ3) is 4.23. The zero-order chi connectivity index (χ0) is 18.7. The molecule has 2 aromatic heterocycles. The number of allylic oxidation sites excluding steroid dienone is 3. The van der Waals surface area contributed by atoms with E-state index < -0.39 is 11.9 Å². The predicted octanol–water partition coefficient (Wildman–Crippen LogP) is 3.86. The SMILES string of the molecule is C=C/C(=C\C=C(/C)c1ncc(F)c(Nc2cc(C3CC3)[nH]n2)n1)[C@@H](C)O. The molecule has 7 heteroatoms. The first-order valence-electron chi connectivity index (χ1n) is 8.52. The van der Waals surface area contributed by atoms with Gasteiger partial charge in [0.2, 0.25) is 0 Å². The van der Waals surface area contributed by atoms with Gasteiger partial charge in [-0.2, -0.15) is 5.10 Å². The van der Waals surface area contributed by atoms with Gasteiger partial charge < -0.3 is 10.4 Å². The van der Waals surface area contributed by atoms with E-state index in [-0.39, 0.29) is 5.82 Å². The summed E-state index contributed by atoms with van der Waals surface area (Å²) in [5.41, 5.74) is 2.46. The first-order chi connectivity index (χ1) is 12.5. The summed E-state index contributed by atoms with van der Waals surface area (Å²) < 4.78 is 14.1. The van der Waals surface area contributed by atoms with Gasteiger partial charge in [0.05, 0.1) is 12.3 Å². The number of anilines is 2. The van der Waals surface area contributed by atoms with Gasteiger partial charge in [-0.1, -0.05) is 24.8 Å². The molecule has 136 valence electrons. The van der Waals surface area contributed by atoms with Crippen molar-refractivity contribution in [3.63, 3.8) is 0 Å². The van der Waals surface area contributed by atoms with Crippen molar-refractivity contribution in [1.29, 1.82) is 0 Å². The van der Waals surface area contributed by atoms with Crippen LogP contribution in [0.1, 0.15) is 44.1 Å². The van der Waals surface area contributed by atoms with E-state index in [0.717, 1.165) is 30.3 Å². The molecule has 2 aromatic rings. The first kappa shape index (κ1) is 18.0. The Labute approximate surface area is 151 Å². The molecule has 0 aliphatic heterocycles. The molecule has 0 unspecified atom stereocenters. The molecule has 2 heterocycles. The molecule has 0 aromatic carbocycles. The second kappa shape index (κ2) is 7.61. The van der Waals surface area contributed by atoms with Gasteiger partial charge in [0.1, 0.15) is 0 Å². The topological polar surface area (TPSA) is 86.7 Å². The van der Waals surface area contributed by atoms with E-state index in [1.165, 1.54) is 0 Å². The van der Waals surface area contributed by atoms with Gasteiger partial charge >= 0.3 is 0 Å². The third-order valence-electron chi connectivity index (χ3n) is 4.20. The maximum atomic E-state index is 14.1. The number of halogens is 1. The van der Waals surface area contributed by atoms with Crippen LogP contribution in [0.15, 0.2) is 42.6 Å². The molecule has 26 heavy (non-hydrogen) atoms. The van der Waals surface area contributed by atoms with Crippen LogP contribution in [0.5, 0.6) is 0 Å². The number of rotatable bonds is 7. The highest BCUT2D eigenvalue weighted by atomic mass is 19.1. The van der Waals surface area contributed by atoms with Crippen LogP contribution in [-0.4, -0.2) is 31.4 Å². The minimum absolute atomic E-state index is 0.0695. The van der Waals surface area contributed by atoms with Crippen molar-refractivity contribution >= 4 is 17.2 Å². The molecule has 0 saturated heterocycles. The standard InChI is InChI=1S/C19H22FN5O/c1-4-13(12(3)26)6-5-11(2)18-21-10-15(20)19(23-18)22-17-9-16(24-25-17)14-7-8-14/h4-6,9-10,12,14,26H,1,7-8H2,2-3H3,(H2,21,22,23,24,25)/b11-5+,13-6+/t12-/m1/s1. The molecule has 0 spiro atoms. The lowest BCUT2D eigenvalue weighted by Gasteiger charge is -2.07. The zero-order valence-corrected chi connectivity index (χ0v) is 14.8. The number of H-pyrrole nitrogens is 1. The quantitative estimate of drug-likeness (QED) is 0.657. The smallest absolute Gasteiger partial charge is 0.184 e. The van der Waals surface area contributed by atoms with Crippen molar-refractivity contribution in [3.8, 4) is 0 Å². The number of aliphatic hydroxyl groups excluding tert-OH is 1. The Morgan fingerprint density at radius 1 is 1.46 bits per heavy atom. The predicted molar refractivity (Wildman–Crippen MR) is 99.4 cm³/mol.